The number of hydrogen-bond acceptors (Lipinski definition) is 3. The van der Waals surface area contributed by atoms with E-state index in [4.69, 9.17) is 11.6 Å². The topological polar surface area (TPSA) is 57.4 Å². The summed E-state index contributed by atoms with van der Waals surface area (Å²) in [5, 5.41) is 9.06. The number of hydrogen-bond donors (Lipinski definition) is 2. The highest BCUT2D eigenvalue weighted by Crippen LogP contribution is 2.26. The molecular formula is C13H13ClN4S. The predicted octanol–water partition coefficient (Wildman–Crippen LogP) is 4.03. The van der Waals surface area contributed by atoms with Crippen molar-refractivity contribution in [3.8, 4) is 11.5 Å². The summed E-state index contributed by atoms with van der Waals surface area (Å²) in [4.78, 5) is 7.80. The largest absolute Gasteiger partial charge is 0.337 e. The number of aryl methyl sites for hydroxylation is 1. The number of aromatic nitrogens is 4. The van der Waals surface area contributed by atoms with Crippen LogP contribution in [-0.4, -0.2) is 25.9 Å². The summed E-state index contributed by atoms with van der Waals surface area (Å²) in [5.41, 5.74) is 3.68. The Labute approximate surface area is 120 Å². The Kier molecular flexibility index (Phi) is 3.24. The van der Waals surface area contributed by atoms with E-state index >= 15 is 0 Å². The Morgan fingerprint density at radius 3 is 2.95 bits per heavy atom. The first-order valence-electron chi connectivity index (χ1n) is 6.02. The van der Waals surface area contributed by atoms with E-state index in [0.717, 1.165) is 43.9 Å². The zero-order chi connectivity index (χ0) is 13.4. The molecule has 0 unspecified atom stereocenters. The van der Waals surface area contributed by atoms with Crippen molar-refractivity contribution in [3.05, 3.63) is 28.8 Å². The second-order valence-corrected chi connectivity index (χ2v) is 5.97. The Hall–Kier alpha value is -1.46. The fraction of sp³-hybridized carbons (Fsp3) is 0.231. The molecule has 0 bridgehead atoms. The lowest BCUT2D eigenvalue weighted by Crippen LogP contribution is -1.79. The molecular weight excluding hydrogens is 280 g/mol. The fourth-order valence-corrected chi connectivity index (χ4v) is 2.69. The molecule has 98 valence electrons. The number of H-pyrrole nitrogens is 2. The SMILES string of the molecule is CCSc1cc(-c2nc3cc(C)c(Cl)cc3[nH]2)n[nH]1. The molecule has 1 aromatic carbocycles. The molecule has 0 amide bonds. The van der Waals surface area contributed by atoms with Gasteiger partial charge in [-0.3, -0.25) is 5.10 Å². The van der Waals surface area contributed by atoms with E-state index in [2.05, 4.69) is 27.1 Å². The number of aromatic amines is 2. The molecule has 0 fully saturated rings. The lowest BCUT2D eigenvalue weighted by atomic mass is 10.2. The molecule has 0 aliphatic rings. The van der Waals surface area contributed by atoms with Gasteiger partial charge in [0.25, 0.3) is 0 Å². The van der Waals surface area contributed by atoms with Crippen LogP contribution in [0, 0.1) is 6.92 Å². The van der Waals surface area contributed by atoms with Crippen LogP contribution in [0.15, 0.2) is 23.2 Å². The fourth-order valence-electron chi connectivity index (χ4n) is 1.91. The average Bonchev–Trinajstić information content (AvgIpc) is 2.97. The summed E-state index contributed by atoms with van der Waals surface area (Å²) in [5.74, 6) is 1.77. The highest BCUT2D eigenvalue weighted by atomic mass is 35.5. The Balaban J connectivity index is 2.04. The van der Waals surface area contributed by atoms with Crippen molar-refractivity contribution in [1.29, 1.82) is 0 Å². The van der Waals surface area contributed by atoms with Crippen molar-refractivity contribution in [2.75, 3.05) is 5.75 Å². The second kappa shape index (κ2) is 4.90. The van der Waals surface area contributed by atoms with Crippen molar-refractivity contribution in [2.45, 2.75) is 18.9 Å². The number of nitrogens with zero attached hydrogens (tertiary/aromatic N) is 2. The molecule has 0 saturated carbocycles. The standard InChI is InChI=1S/C13H13ClN4S/c1-3-19-12-6-11(17-18-12)13-15-9-4-7(2)8(14)5-10(9)16-13/h4-6H,3H2,1-2H3,(H,15,16)(H,17,18). The highest BCUT2D eigenvalue weighted by Gasteiger charge is 2.10. The third kappa shape index (κ3) is 2.35. The predicted molar refractivity (Wildman–Crippen MR) is 79.8 cm³/mol. The van der Waals surface area contributed by atoms with E-state index in [1.54, 1.807) is 11.8 Å². The quantitative estimate of drug-likeness (QED) is 0.717. The Morgan fingerprint density at radius 2 is 2.16 bits per heavy atom. The molecule has 0 aliphatic heterocycles. The molecule has 0 saturated heterocycles. The molecule has 6 heteroatoms. The van der Waals surface area contributed by atoms with E-state index in [-0.39, 0.29) is 0 Å². The van der Waals surface area contributed by atoms with Gasteiger partial charge in [0.2, 0.25) is 0 Å². The first-order chi connectivity index (χ1) is 9.17. The van der Waals surface area contributed by atoms with E-state index in [9.17, 15) is 0 Å². The molecule has 2 heterocycles. The van der Waals surface area contributed by atoms with Gasteiger partial charge in [0.15, 0.2) is 5.82 Å². The minimum absolute atomic E-state index is 0.743. The van der Waals surface area contributed by atoms with Gasteiger partial charge in [0, 0.05) is 11.1 Å². The van der Waals surface area contributed by atoms with Gasteiger partial charge in [-0.2, -0.15) is 5.10 Å². The molecule has 3 aromatic rings. The maximum atomic E-state index is 6.12. The van der Waals surface area contributed by atoms with Crippen molar-refractivity contribution >= 4 is 34.4 Å². The van der Waals surface area contributed by atoms with Crippen molar-refractivity contribution in [3.63, 3.8) is 0 Å². The van der Waals surface area contributed by atoms with Gasteiger partial charge in [-0.15, -0.1) is 11.8 Å². The first-order valence-corrected chi connectivity index (χ1v) is 7.38. The zero-order valence-electron chi connectivity index (χ0n) is 10.6. The van der Waals surface area contributed by atoms with Gasteiger partial charge in [-0.1, -0.05) is 18.5 Å². The van der Waals surface area contributed by atoms with Crippen LogP contribution in [0.2, 0.25) is 5.02 Å². The molecule has 0 aliphatic carbocycles. The van der Waals surface area contributed by atoms with Gasteiger partial charge < -0.3 is 4.98 Å². The Bertz CT molecular complexity index is 692. The maximum absolute atomic E-state index is 6.12. The van der Waals surface area contributed by atoms with Crippen molar-refractivity contribution in [1.82, 2.24) is 20.2 Å². The summed E-state index contributed by atoms with van der Waals surface area (Å²) in [7, 11) is 0. The van der Waals surface area contributed by atoms with Crippen LogP contribution in [0.25, 0.3) is 22.6 Å². The van der Waals surface area contributed by atoms with Crippen LogP contribution in [0.4, 0.5) is 0 Å². The maximum Gasteiger partial charge on any atom is 0.159 e. The minimum Gasteiger partial charge on any atom is -0.337 e. The third-order valence-corrected chi connectivity index (χ3v) is 4.08. The molecule has 0 spiro atoms. The number of benzene rings is 1. The highest BCUT2D eigenvalue weighted by molar-refractivity contribution is 7.99. The number of rotatable bonds is 3. The summed E-state index contributed by atoms with van der Waals surface area (Å²) in [6.45, 7) is 4.08. The number of thioether (sulfide) groups is 1. The Morgan fingerprint density at radius 1 is 1.32 bits per heavy atom. The second-order valence-electron chi connectivity index (χ2n) is 4.25. The summed E-state index contributed by atoms with van der Waals surface area (Å²) >= 11 is 7.84. The van der Waals surface area contributed by atoms with Crippen LogP contribution in [-0.2, 0) is 0 Å². The van der Waals surface area contributed by atoms with Gasteiger partial charge in [0.05, 0.1) is 16.1 Å². The normalized spacial score (nSPS) is 11.3. The number of imidazole rings is 1. The summed E-state index contributed by atoms with van der Waals surface area (Å²) in [6, 6.07) is 5.88. The van der Waals surface area contributed by atoms with Crippen LogP contribution in [0.5, 0.6) is 0 Å². The number of nitrogens with one attached hydrogen (secondary N) is 2. The lowest BCUT2D eigenvalue weighted by molar-refractivity contribution is 1.00. The zero-order valence-corrected chi connectivity index (χ0v) is 12.2. The summed E-state index contributed by atoms with van der Waals surface area (Å²) < 4.78 is 0. The van der Waals surface area contributed by atoms with Crippen molar-refractivity contribution in [2.24, 2.45) is 0 Å². The smallest absolute Gasteiger partial charge is 0.159 e. The molecule has 3 rings (SSSR count). The van der Waals surface area contributed by atoms with E-state index < -0.39 is 0 Å². The van der Waals surface area contributed by atoms with Gasteiger partial charge in [-0.05, 0) is 30.4 Å². The molecule has 0 radical (unpaired) electrons. The number of halogens is 1. The van der Waals surface area contributed by atoms with Gasteiger partial charge >= 0.3 is 0 Å². The third-order valence-electron chi connectivity index (χ3n) is 2.86. The molecule has 0 atom stereocenters. The number of fused-ring (bicyclic) bond motifs is 1. The van der Waals surface area contributed by atoms with Crippen LogP contribution in [0.3, 0.4) is 0 Å². The van der Waals surface area contributed by atoms with Crippen LogP contribution >= 0.6 is 23.4 Å². The van der Waals surface area contributed by atoms with Crippen molar-refractivity contribution < 1.29 is 0 Å². The molecule has 2 N–H and O–H groups in total. The lowest BCUT2D eigenvalue weighted by Gasteiger charge is -1.95. The monoisotopic (exact) mass is 292 g/mol. The molecule has 2 aromatic heterocycles. The summed E-state index contributed by atoms with van der Waals surface area (Å²) in [6.07, 6.45) is 0. The van der Waals surface area contributed by atoms with Crippen LogP contribution in [0.1, 0.15) is 12.5 Å². The average molecular weight is 293 g/mol. The first kappa shape index (κ1) is 12.6. The van der Waals surface area contributed by atoms with E-state index in [0.29, 0.717) is 0 Å². The molecule has 4 nitrogen and oxygen atoms in total. The van der Waals surface area contributed by atoms with E-state index in [1.807, 2.05) is 25.1 Å². The minimum atomic E-state index is 0.743. The van der Waals surface area contributed by atoms with Gasteiger partial charge in [-0.25, -0.2) is 4.98 Å². The van der Waals surface area contributed by atoms with E-state index in [1.165, 1.54) is 0 Å². The van der Waals surface area contributed by atoms with Gasteiger partial charge in [0.1, 0.15) is 5.69 Å². The molecule has 19 heavy (non-hydrogen) atoms. The van der Waals surface area contributed by atoms with Crippen LogP contribution < -0.4 is 0 Å².